The van der Waals surface area contributed by atoms with E-state index >= 15 is 0 Å². The standard InChI is InChI=1S/C22H25FN2O3/c1-27-19-10-9-17(23)13-16(19)14-25-15-21(22(26)24-11-5-2-6-12-24)28-20-8-4-3-7-18(20)25/h3-4,7-10,13,21H,2,5-6,11-12,14-15H2,1H3. The van der Waals surface area contributed by atoms with Gasteiger partial charge in [-0.05, 0) is 49.6 Å². The molecule has 0 aromatic heterocycles. The lowest BCUT2D eigenvalue weighted by molar-refractivity contribution is -0.139. The molecule has 2 aliphatic heterocycles. The van der Waals surface area contributed by atoms with Crippen LogP contribution in [0.4, 0.5) is 10.1 Å². The van der Waals surface area contributed by atoms with Crippen molar-refractivity contribution in [3.05, 3.63) is 53.8 Å². The summed E-state index contributed by atoms with van der Waals surface area (Å²) in [4.78, 5) is 17.0. The van der Waals surface area contributed by atoms with Gasteiger partial charge in [-0.25, -0.2) is 4.39 Å². The molecule has 0 spiro atoms. The Labute approximate surface area is 164 Å². The Bertz CT molecular complexity index is 851. The van der Waals surface area contributed by atoms with Crippen LogP contribution in [0, 0.1) is 5.82 Å². The minimum absolute atomic E-state index is 0.0328. The number of ether oxygens (including phenoxy) is 2. The third-order valence-corrected chi connectivity index (χ3v) is 5.41. The van der Waals surface area contributed by atoms with Crippen molar-refractivity contribution in [1.29, 1.82) is 0 Å². The number of nitrogens with zero attached hydrogens (tertiary/aromatic N) is 2. The van der Waals surface area contributed by atoms with Crippen LogP contribution >= 0.6 is 0 Å². The molecule has 2 aromatic carbocycles. The van der Waals surface area contributed by atoms with Crippen molar-refractivity contribution in [2.24, 2.45) is 0 Å². The van der Waals surface area contributed by atoms with Gasteiger partial charge in [0.15, 0.2) is 6.10 Å². The molecule has 1 atom stereocenters. The largest absolute Gasteiger partial charge is 0.496 e. The van der Waals surface area contributed by atoms with Crippen LogP contribution in [-0.2, 0) is 11.3 Å². The number of methoxy groups -OCH3 is 1. The van der Waals surface area contributed by atoms with Gasteiger partial charge >= 0.3 is 0 Å². The quantitative estimate of drug-likeness (QED) is 0.808. The number of hydrogen-bond donors (Lipinski definition) is 0. The first kappa shape index (κ1) is 18.6. The first-order valence-corrected chi connectivity index (χ1v) is 9.77. The number of carbonyl (C=O) groups is 1. The van der Waals surface area contributed by atoms with Crippen molar-refractivity contribution in [2.75, 3.05) is 31.6 Å². The molecule has 2 heterocycles. The molecule has 0 saturated carbocycles. The second kappa shape index (κ2) is 8.09. The Morgan fingerprint density at radius 1 is 1.18 bits per heavy atom. The predicted octanol–water partition coefficient (Wildman–Crippen LogP) is 3.61. The third kappa shape index (κ3) is 3.77. The van der Waals surface area contributed by atoms with Gasteiger partial charge in [0, 0.05) is 25.2 Å². The number of para-hydroxylation sites is 2. The highest BCUT2D eigenvalue weighted by molar-refractivity contribution is 5.83. The second-order valence-electron chi connectivity index (χ2n) is 7.30. The highest BCUT2D eigenvalue weighted by atomic mass is 19.1. The fraction of sp³-hybridized carbons (Fsp3) is 0.409. The highest BCUT2D eigenvalue weighted by Crippen LogP contribution is 2.35. The summed E-state index contributed by atoms with van der Waals surface area (Å²) in [6.45, 7) is 2.44. The summed E-state index contributed by atoms with van der Waals surface area (Å²) in [6, 6.07) is 12.2. The monoisotopic (exact) mass is 384 g/mol. The number of rotatable bonds is 4. The van der Waals surface area contributed by atoms with Gasteiger partial charge < -0.3 is 19.3 Å². The van der Waals surface area contributed by atoms with Crippen molar-refractivity contribution in [1.82, 2.24) is 4.90 Å². The smallest absolute Gasteiger partial charge is 0.265 e. The number of fused-ring (bicyclic) bond motifs is 1. The van der Waals surface area contributed by atoms with Crippen LogP contribution in [0.15, 0.2) is 42.5 Å². The SMILES string of the molecule is COc1ccc(F)cc1CN1CC(C(=O)N2CCCCC2)Oc2ccccc21. The average molecular weight is 384 g/mol. The maximum absolute atomic E-state index is 13.8. The van der Waals surface area contributed by atoms with E-state index in [0.717, 1.165) is 37.2 Å². The molecular formula is C22H25FN2O3. The lowest BCUT2D eigenvalue weighted by Crippen LogP contribution is -2.51. The molecule has 2 aromatic rings. The molecular weight excluding hydrogens is 359 g/mol. The Kier molecular flexibility index (Phi) is 5.37. The summed E-state index contributed by atoms with van der Waals surface area (Å²) in [6.07, 6.45) is 2.69. The van der Waals surface area contributed by atoms with Crippen LogP contribution in [-0.4, -0.2) is 43.7 Å². The minimum atomic E-state index is -0.562. The van der Waals surface area contributed by atoms with Crippen LogP contribution in [0.1, 0.15) is 24.8 Å². The molecule has 6 heteroatoms. The molecule has 0 radical (unpaired) electrons. The van der Waals surface area contributed by atoms with Crippen LogP contribution in [0.25, 0.3) is 0 Å². The number of anilines is 1. The number of benzene rings is 2. The van der Waals surface area contributed by atoms with Gasteiger partial charge in [-0.1, -0.05) is 12.1 Å². The summed E-state index contributed by atoms with van der Waals surface area (Å²) in [7, 11) is 1.58. The van der Waals surface area contributed by atoms with E-state index in [-0.39, 0.29) is 11.7 Å². The predicted molar refractivity (Wildman–Crippen MR) is 105 cm³/mol. The molecule has 5 nitrogen and oxygen atoms in total. The lowest BCUT2D eigenvalue weighted by Gasteiger charge is -2.38. The molecule has 4 rings (SSSR count). The van der Waals surface area contributed by atoms with Crippen molar-refractivity contribution < 1.29 is 18.7 Å². The number of likely N-dealkylation sites (tertiary alicyclic amines) is 1. The van der Waals surface area contributed by atoms with E-state index in [1.807, 2.05) is 29.2 Å². The Balaban J connectivity index is 1.60. The molecule has 2 aliphatic rings. The van der Waals surface area contributed by atoms with Gasteiger partial charge in [0.25, 0.3) is 5.91 Å². The minimum Gasteiger partial charge on any atom is -0.496 e. The zero-order chi connectivity index (χ0) is 19.5. The van der Waals surface area contributed by atoms with Crippen molar-refractivity contribution in [3.63, 3.8) is 0 Å². The summed E-state index contributed by atoms with van der Waals surface area (Å²) < 4.78 is 25.3. The Morgan fingerprint density at radius 3 is 2.75 bits per heavy atom. The Hall–Kier alpha value is -2.76. The molecule has 1 unspecified atom stereocenters. The van der Waals surface area contributed by atoms with Gasteiger partial charge in [-0.3, -0.25) is 4.79 Å². The molecule has 1 saturated heterocycles. The van der Waals surface area contributed by atoms with Crippen LogP contribution < -0.4 is 14.4 Å². The fourth-order valence-corrected chi connectivity index (χ4v) is 3.98. The second-order valence-corrected chi connectivity index (χ2v) is 7.30. The summed E-state index contributed by atoms with van der Waals surface area (Å²) in [5.74, 6) is 1.03. The maximum Gasteiger partial charge on any atom is 0.265 e. The number of halogens is 1. The molecule has 148 valence electrons. The van der Waals surface area contributed by atoms with Crippen LogP contribution in [0.3, 0.4) is 0 Å². The van der Waals surface area contributed by atoms with Gasteiger partial charge in [-0.2, -0.15) is 0 Å². The summed E-state index contributed by atoms with van der Waals surface area (Å²) in [5.41, 5.74) is 1.64. The normalized spacial score (nSPS) is 19.0. The molecule has 1 fully saturated rings. The maximum atomic E-state index is 13.8. The van der Waals surface area contributed by atoms with E-state index in [1.54, 1.807) is 13.2 Å². The Morgan fingerprint density at radius 2 is 1.96 bits per heavy atom. The summed E-state index contributed by atoms with van der Waals surface area (Å²) in [5, 5.41) is 0. The summed E-state index contributed by atoms with van der Waals surface area (Å²) >= 11 is 0. The fourth-order valence-electron chi connectivity index (χ4n) is 3.98. The molecule has 28 heavy (non-hydrogen) atoms. The van der Waals surface area contributed by atoms with Gasteiger partial charge in [0.05, 0.1) is 19.3 Å². The van der Waals surface area contributed by atoms with Crippen molar-refractivity contribution in [2.45, 2.75) is 31.9 Å². The van der Waals surface area contributed by atoms with Crippen molar-refractivity contribution >= 4 is 11.6 Å². The van der Waals surface area contributed by atoms with E-state index in [1.165, 1.54) is 18.6 Å². The van der Waals surface area contributed by atoms with Crippen LogP contribution in [0.5, 0.6) is 11.5 Å². The molecule has 0 aliphatic carbocycles. The topological polar surface area (TPSA) is 42.0 Å². The molecule has 0 N–H and O–H groups in total. The number of hydrogen-bond acceptors (Lipinski definition) is 4. The van der Waals surface area contributed by atoms with Crippen molar-refractivity contribution in [3.8, 4) is 11.5 Å². The zero-order valence-electron chi connectivity index (χ0n) is 16.1. The lowest BCUT2D eigenvalue weighted by atomic mass is 10.1. The van der Waals surface area contributed by atoms with E-state index in [4.69, 9.17) is 9.47 Å². The number of carbonyl (C=O) groups excluding carboxylic acids is 1. The first-order valence-electron chi connectivity index (χ1n) is 9.77. The average Bonchev–Trinajstić information content (AvgIpc) is 2.74. The third-order valence-electron chi connectivity index (χ3n) is 5.41. The van der Waals surface area contributed by atoms with E-state index in [2.05, 4.69) is 4.90 Å². The van der Waals surface area contributed by atoms with E-state index in [9.17, 15) is 9.18 Å². The highest BCUT2D eigenvalue weighted by Gasteiger charge is 2.34. The number of piperidine rings is 1. The first-order chi connectivity index (χ1) is 13.7. The van der Waals surface area contributed by atoms with Crippen LogP contribution in [0.2, 0.25) is 0 Å². The van der Waals surface area contributed by atoms with Gasteiger partial charge in [0.1, 0.15) is 17.3 Å². The van der Waals surface area contributed by atoms with Gasteiger partial charge in [-0.15, -0.1) is 0 Å². The van der Waals surface area contributed by atoms with Gasteiger partial charge in [0.2, 0.25) is 0 Å². The zero-order valence-corrected chi connectivity index (χ0v) is 16.1. The number of amides is 1. The van der Waals surface area contributed by atoms with E-state index in [0.29, 0.717) is 24.6 Å². The van der Waals surface area contributed by atoms with E-state index < -0.39 is 6.10 Å². The molecule has 1 amide bonds. The molecule has 0 bridgehead atoms.